The van der Waals surface area contributed by atoms with Crippen LogP contribution in [0, 0.1) is 5.92 Å². The third-order valence-electron chi connectivity index (χ3n) is 3.32. The number of aliphatic hydroxyl groups excluding tert-OH is 1. The van der Waals surface area contributed by atoms with Gasteiger partial charge in [-0.05, 0) is 32.3 Å². The molecule has 1 rings (SSSR count). The van der Waals surface area contributed by atoms with Crippen molar-refractivity contribution in [1.29, 1.82) is 0 Å². The van der Waals surface area contributed by atoms with Crippen molar-refractivity contribution in [1.82, 2.24) is 8.87 Å². The number of hydrogen-bond donors (Lipinski definition) is 1. The van der Waals surface area contributed by atoms with Crippen LogP contribution in [-0.4, -0.2) is 35.0 Å². The van der Waals surface area contributed by atoms with Crippen LogP contribution in [0.15, 0.2) is 17.2 Å². The molecule has 122 valence electrons. The molecule has 0 fully saturated rings. The molecule has 0 bridgehead atoms. The van der Waals surface area contributed by atoms with E-state index in [1.807, 2.05) is 39.2 Å². The van der Waals surface area contributed by atoms with Gasteiger partial charge in [0, 0.05) is 31.0 Å². The fourth-order valence-electron chi connectivity index (χ4n) is 2.33. The second-order valence-corrected chi connectivity index (χ2v) is 7.97. The molecule has 0 aliphatic heterocycles. The van der Waals surface area contributed by atoms with Crippen molar-refractivity contribution in [2.24, 2.45) is 5.92 Å². The molecule has 0 aliphatic carbocycles. The van der Waals surface area contributed by atoms with Crippen LogP contribution in [0.5, 0.6) is 0 Å². The van der Waals surface area contributed by atoms with Gasteiger partial charge in [0.1, 0.15) is 4.90 Å². The number of aromatic nitrogens is 1. The predicted molar refractivity (Wildman–Crippen MR) is 84.5 cm³/mol. The monoisotopic (exact) mass is 316 g/mol. The van der Waals surface area contributed by atoms with Crippen LogP contribution in [0.25, 0.3) is 0 Å². The molecule has 0 unspecified atom stereocenters. The zero-order valence-corrected chi connectivity index (χ0v) is 14.5. The Morgan fingerprint density at radius 1 is 1.29 bits per heavy atom. The van der Waals surface area contributed by atoms with Crippen molar-refractivity contribution >= 4 is 10.0 Å². The molecule has 0 aliphatic rings. The maximum absolute atomic E-state index is 12.8. The Hall–Kier alpha value is -0.850. The van der Waals surface area contributed by atoms with Gasteiger partial charge in [0.25, 0.3) is 0 Å². The van der Waals surface area contributed by atoms with E-state index >= 15 is 0 Å². The average Bonchev–Trinajstić information content (AvgIpc) is 2.79. The average molecular weight is 316 g/mol. The van der Waals surface area contributed by atoms with Gasteiger partial charge in [-0.3, -0.25) is 0 Å². The summed E-state index contributed by atoms with van der Waals surface area (Å²) in [5.41, 5.74) is 0.642. The summed E-state index contributed by atoms with van der Waals surface area (Å²) in [6.45, 7) is 10.9. The molecule has 1 aromatic heterocycles. The molecule has 0 spiro atoms. The second-order valence-electron chi connectivity index (χ2n) is 6.08. The molecule has 1 N–H and O–H groups in total. The molecular weight excluding hydrogens is 288 g/mol. The van der Waals surface area contributed by atoms with E-state index in [9.17, 15) is 13.5 Å². The quantitative estimate of drug-likeness (QED) is 0.801. The Bertz CT molecular complexity index is 547. The fraction of sp³-hybridized carbons (Fsp3) is 0.733. The lowest BCUT2D eigenvalue weighted by Gasteiger charge is -2.27. The molecule has 1 aromatic rings. The van der Waals surface area contributed by atoms with Gasteiger partial charge in [-0.15, -0.1) is 0 Å². The van der Waals surface area contributed by atoms with Crippen molar-refractivity contribution in [3.8, 4) is 0 Å². The van der Waals surface area contributed by atoms with Crippen molar-refractivity contribution < 1.29 is 13.5 Å². The van der Waals surface area contributed by atoms with E-state index in [1.54, 1.807) is 12.3 Å². The van der Waals surface area contributed by atoms with Crippen LogP contribution in [-0.2, 0) is 23.2 Å². The lowest BCUT2D eigenvalue weighted by molar-refractivity contribution is 0.270. The molecule has 0 saturated carbocycles. The summed E-state index contributed by atoms with van der Waals surface area (Å²) >= 11 is 0. The van der Waals surface area contributed by atoms with Crippen LogP contribution in [0.1, 0.15) is 46.7 Å². The molecule has 0 radical (unpaired) electrons. The van der Waals surface area contributed by atoms with Gasteiger partial charge in [0.2, 0.25) is 10.0 Å². The van der Waals surface area contributed by atoms with E-state index in [0.717, 1.165) is 6.42 Å². The van der Waals surface area contributed by atoms with Gasteiger partial charge in [-0.1, -0.05) is 20.8 Å². The smallest absolute Gasteiger partial charge is 0.244 e. The van der Waals surface area contributed by atoms with E-state index in [0.29, 0.717) is 18.8 Å². The number of nitrogens with zero attached hydrogens (tertiary/aromatic N) is 2. The highest BCUT2D eigenvalue weighted by Crippen LogP contribution is 2.22. The number of aryl methyl sites for hydroxylation is 1. The molecule has 5 nitrogen and oxygen atoms in total. The Kier molecular flexibility index (Phi) is 6.43. The standard InChI is InChI=1S/C15H28N2O3S/c1-6-7-16-10-15(8-14(16)11-18)21(19,20)17(13(4)5)9-12(2)3/h8,10,12-13,18H,6-7,9,11H2,1-5H3. The Morgan fingerprint density at radius 3 is 2.33 bits per heavy atom. The SMILES string of the molecule is CCCn1cc(S(=O)(=O)N(CC(C)C)C(C)C)cc1CO. The summed E-state index contributed by atoms with van der Waals surface area (Å²) in [7, 11) is -3.52. The Morgan fingerprint density at radius 2 is 1.90 bits per heavy atom. The highest BCUT2D eigenvalue weighted by atomic mass is 32.2. The molecule has 0 aromatic carbocycles. The maximum atomic E-state index is 12.8. The summed E-state index contributed by atoms with van der Waals surface area (Å²) in [5, 5.41) is 9.39. The largest absolute Gasteiger partial charge is 0.390 e. The van der Waals surface area contributed by atoms with Gasteiger partial charge in [-0.2, -0.15) is 4.31 Å². The van der Waals surface area contributed by atoms with Crippen LogP contribution >= 0.6 is 0 Å². The van der Waals surface area contributed by atoms with Crippen molar-refractivity contribution in [2.45, 2.75) is 65.1 Å². The van der Waals surface area contributed by atoms with E-state index < -0.39 is 10.0 Å². The highest BCUT2D eigenvalue weighted by molar-refractivity contribution is 7.89. The molecule has 0 amide bonds. The number of hydrogen-bond acceptors (Lipinski definition) is 3. The summed E-state index contributed by atoms with van der Waals surface area (Å²) in [6.07, 6.45) is 2.53. The predicted octanol–water partition coefficient (Wildman–Crippen LogP) is 2.45. The first-order valence-electron chi connectivity index (χ1n) is 7.55. The first-order chi connectivity index (χ1) is 9.73. The Labute approximate surface area is 128 Å². The zero-order valence-electron chi connectivity index (χ0n) is 13.7. The molecule has 0 saturated heterocycles. The fourth-order valence-corrected chi connectivity index (χ4v) is 4.19. The molecule has 0 atom stereocenters. The first kappa shape index (κ1) is 18.2. The second kappa shape index (κ2) is 7.42. The summed E-state index contributed by atoms with van der Waals surface area (Å²) in [5.74, 6) is 0.261. The summed E-state index contributed by atoms with van der Waals surface area (Å²) in [4.78, 5) is 0.273. The van der Waals surface area contributed by atoms with Crippen molar-refractivity contribution in [3.05, 3.63) is 18.0 Å². The minimum atomic E-state index is -3.52. The molecule has 6 heteroatoms. The lowest BCUT2D eigenvalue weighted by atomic mass is 10.2. The molecule has 1 heterocycles. The topological polar surface area (TPSA) is 62.5 Å². The van der Waals surface area contributed by atoms with E-state index in [2.05, 4.69) is 0 Å². The van der Waals surface area contributed by atoms with E-state index in [1.165, 1.54) is 4.31 Å². The minimum absolute atomic E-state index is 0.0931. The summed E-state index contributed by atoms with van der Waals surface area (Å²) in [6, 6.07) is 1.49. The number of aliphatic hydroxyl groups is 1. The van der Waals surface area contributed by atoms with Gasteiger partial charge in [0.05, 0.1) is 6.61 Å². The van der Waals surface area contributed by atoms with Gasteiger partial charge in [-0.25, -0.2) is 8.42 Å². The van der Waals surface area contributed by atoms with Crippen molar-refractivity contribution in [3.63, 3.8) is 0 Å². The van der Waals surface area contributed by atoms with E-state index in [-0.39, 0.29) is 23.5 Å². The van der Waals surface area contributed by atoms with Crippen LogP contribution in [0.4, 0.5) is 0 Å². The third kappa shape index (κ3) is 4.31. The van der Waals surface area contributed by atoms with Gasteiger partial charge >= 0.3 is 0 Å². The van der Waals surface area contributed by atoms with Crippen LogP contribution in [0.3, 0.4) is 0 Å². The van der Waals surface area contributed by atoms with Gasteiger partial charge in [0.15, 0.2) is 0 Å². The molecule has 21 heavy (non-hydrogen) atoms. The number of rotatable bonds is 8. The first-order valence-corrected chi connectivity index (χ1v) is 8.99. The molecular formula is C15H28N2O3S. The van der Waals surface area contributed by atoms with Crippen molar-refractivity contribution in [2.75, 3.05) is 6.54 Å². The van der Waals surface area contributed by atoms with Crippen LogP contribution in [0.2, 0.25) is 0 Å². The zero-order chi connectivity index (χ0) is 16.2. The van der Waals surface area contributed by atoms with Crippen LogP contribution < -0.4 is 0 Å². The minimum Gasteiger partial charge on any atom is -0.390 e. The Balaban J connectivity index is 3.21. The maximum Gasteiger partial charge on any atom is 0.244 e. The number of sulfonamides is 1. The van der Waals surface area contributed by atoms with Gasteiger partial charge < -0.3 is 9.67 Å². The normalized spacial score (nSPS) is 12.8. The van der Waals surface area contributed by atoms with E-state index in [4.69, 9.17) is 0 Å². The highest BCUT2D eigenvalue weighted by Gasteiger charge is 2.29. The lowest BCUT2D eigenvalue weighted by Crippen LogP contribution is -2.39. The summed E-state index contributed by atoms with van der Waals surface area (Å²) < 4.78 is 29.0. The third-order valence-corrected chi connectivity index (χ3v) is 5.32.